The van der Waals surface area contributed by atoms with Gasteiger partial charge in [0.2, 0.25) is 0 Å². The van der Waals surface area contributed by atoms with Crippen LogP contribution in [-0.2, 0) is 6.42 Å². The summed E-state index contributed by atoms with van der Waals surface area (Å²) in [5, 5.41) is 19.9. The molecule has 1 N–H and O–H groups in total. The average molecular weight is 387 g/mol. The number of benzene rings is 2. The highest BCUT2D eigenvalue weighted by molar-refractivity contribution is 7.99. The van der Waals surface area contributed by atoms with Crippen molar-refractivity contribution in [3.05, 3.63) is 69.5 Å². The molecule has 0 saturated heterocycles. The Labute approximate surface area is 164 Å². The first kappa shape index (κ1) is 21.4. The van der Waals surface area contributed by atoms with Crippen molar-refractivity contribution in [2.75, 3.05) is 12.4 Å². The number of thioether (sulfide) groups is 1. The number of nitro benzene ring substituents is 1. The Hall–Kier alpha value is -1.86. The van der Waals surface area contributed by atoms with E-state index in [1.165, 1.54) is 36.0 Å². The molecular formula is C20H23BFNO3S. The van der Waals surface area contributed by atoms with Crippen LogP contribution >= 0.6 is 11.8 Å². The third-order valence-corrected chi connectivity index (χ3v) is 5.83. The lowest BCUT2D eigenvalue weighted by molar-refractivity contribution is -0.384. The zero-order chi connectivity index (χ0) is 19.9. The molecule has 0 aliphatic rings. The first-order chi connectivity index (χ1) is 12.9. The molecular weight excluding hydrogens is 364 g/mol. The summed E-state index contributed by atoms with van der Waals surface area (Å²) in [6.45, 7) is 1.96. The maximum absolute atomic E-state index is 13.8. The molecule has 0 aliphatic heterocycles. The Morgan fingerprint density at radius 2 is 2.07 bits per heavy atom. The van der Waals surface area contributed by atoms with E-state index in [4.69, 9.17) is 7.85 Å². The summed E-state index contributed by atoms with van der Waals surface area (Å²) in [7, 11) is 6.30. The fourth-order valence-corrected chi connectivity index (χ4v) is 3.93. The van der Waals surface area contributed by atoms with Crippen LogP contribution in [0.1, 0.15) is 37.3 Å². The van der Waals surface area contributed by atoms with Crippen molar-refractivity contribution in [1.29, 1.82) is 0 Å². The fraction of sp³-hybridized carbons (Fsp3) is 0.400. The van der Waals surface area contributed by atoms with E-state index in [2.05, 4.69) is 6.92 Å². The topological polar surface area (TPSA) is 63.4 Å². The second kappa shape index (κ2) is 9.90. The average Bonchev–Trinajstić information content (AvgIpc) is 2.66. The van der Waals surface area contributed by atoms with Crippen molar-refractivity contribution in [2.45, 2.75) is 42.8 Å². The number of aliphatic hydroxyl groups is 1. The van der Waals surface area contributed by atoms with Crippen LogP contribution in [0.2, 0.25) is 5.31 Å². The molecule has 27 heavy (non-hydrogen) atoms. The molecule has 0 spiro atoms. The van der Waals surface area contributed by atoms with E-state index in [1.54, 1.807) is 18.2 Å². The maximum atomic E-state index is 13.8. The highest BCUT2D eigenvalue weighted by Crippen LogP contribution is 2.37. The fourth-order valence-electron chi connectivity index (χ4n) is 2.77. The predicted octanol–water partition coefficient (Wildman–Crippen LogP) is 4.93. The third-order valence-electron chi connectivity index (χ3n) is 4.40. The number of aliphatic hydroxyl groups excluding tert-OH is 1. The smallest absolute Gasteiger partial charge is 0.269 e. The second-order valence-electron chi connectivity index (χ2n) is 6.77. The first-order valence-corrected chi connectivity index (χ1v) is 9.90. The number of nitrogens with zero attached hydrogens (tertiary/aromatic N) is 1. The van der Waals surface area contributed by atoms with E-state index in [0.29, 0.717) is 18.6 Å². The third kappa shape index (κ3) is 6.36. The summed E-state index contributed by atoms with van der Waals surface area (Å²) in [6, 6.07) is 10.9. The van der Waals surface area contributed by atoms with Gasteiger partial charge in [0.05, 0.1) is 12.8 Å². The van der Waals surface area contributed by atoms with Crippen molar-refractivity contribution >= 4 is 25.3 Å². The molecule has 0 aromatic heterocycles. The number of non-ortho nitro benzene ring substituents is 1. The Balaban J connectivity index is 2.19. The van der Waals surface area contributed by atoms with Crippen molar-refractivity contribution in [3.63, 3.8) is 0 Å². The number of hydrogen-bond donors (Lipinski definition) is 1. The van der Waals surface area contributed by atoms with E-state index in [-0.39, 0.29) is 18.1 Å². The van der Waals surface area contributed by atoms with E-state index < -0.39 is 10.2 Å². The van der Waals surface area contributed by atoms with Gasteiger partial charge in [0, 0.05) is 23.6 Å². The molecule has 0 fully saturated rings. The number of nitro groups is 1. The predicted molar refractivity (Wildman–Crippen MR) is 108 cm³/mol. The monoisotopic (exact) mass is 387 g/mol. The van der Waals surface area contributed by atoms with E-state index in [1.807, 2.05) is 0 Å². The summed E-state index contributed by atoms with van der Waals surface area (Å²) < 4.78 is 13.8. The van der Waals surface area contributed by atoms with Crippen LogP contribution < -0.4 is 0 Å². The zero-order valence-corrected chi connectivity index (χ0v) is 16.2. The molecule has 0 unspecified atom stereocenters. The summed E-state index contributed by atoms with van der Waals surface area (Å²) in [4.78, 5) is 11.4. The van der Waals surface area contributed by atoms with Crippen LogP contribution in [0.25, 0.3) is 0 Å². The highest BCUT2D eigenvalue weighted by Gasteiger charge is 2.23. The highest BCUT2D eigenvalue weighted by atomic mass is 32.2. The maximum Gasteiger partial charge on any atom is 0.269 e. The summed E-state index contributed by atoms with van der Waals surface area (Å²) >= 11 is 1.48. The molecule has 2 radical (unpaired) electrons. The van der Waals surface area contributed by atoms with Gasteiger partial charge in [0.1, 0.15) is 5.82 Å². The summed E-state index contributed by atoms with van der Waals surface area (Å²) in [5.74, 6) is 0.156. The van der Waals surface area contributed by atoms with Gasteiger partial charge in [-0.3, -0.25) is 10.1 Å². The first-order valence-electron chi connectivity index (χ1n) is 8.91. The molecule has 4 nitrogen and oxygen atoms in total. The van der Waals surface area contributed by atoms with Gasteiger partial charge in [-0.05, 0) is 46.8 Å². The number of rotatable bonds is 10. The van der Waals surface area contributed by atoms with E-state index in [0.717, 1.165) is 28.9 Å². The van der Waals surface area contributed by atoms with Crippen LogP contribution in [0.5, 0.6) is 0 Å². The quantitative estimate of drug-likeness (QED) is 0.272. The molecule has 2 aromatic rings. The molecule has 0 amide bonds. The molecule has 142 valence electrons. The van der Waals surface area contributed by atoms with E-state index >= 15 is 0 Å². The largest absolute Gasteiger partial charge is 0.397 e. The van der Waals surface area contributed by atoms with Gasteiger partial charge in [-0.1, -0.05) is 38.3 Å². The van der Waals surface area contributed by atoms with Gasteiger partial charge in [-0.15, -0.1) is 11.8 Å². The van der Waals surface area contributed by atoms with Crippen molar-refractivity contribution in [3.8, 4) is 0 Å². The van der Waals surface area contributed by atoms with Crippen LogP contribution in [0.15, 0.2) is 47.4 Å². The van der Waals surface area contributed by atoms with Crippen LogP contribution in [0.3, 0.4) is 0 Å². The zero-order valence-electron chi connectivity index (χ0n) is 15.4. The lowest BCUT2D eigenvalue weighted by atomic mass is 9.68. The van der Waals surface area contributed by atoms with E-state index in [9.17, 15) is 19.6 Å². The Morgan fingerprint density at radius 1 is 1.30 bits per heavy atom. The molecule has 0 saturated carbocycles. The lowest BCUT2D eigenvalue weighted by Crippen LogP contribution is -2.21. The minimum Gasteiger partial charge on any atom is -0.397 e. The SMILES string of the molecule is [B][C@@](CO)(CCCC)CSc1ccc(F)cc1Cc1cccc([N+](=O)[O-])c1. The Kier molecular flexibility index (Phi) is 7.86. The van der Waals surface area contributed by atoms with Crippen LogP contribution in [0, 0.1) is 15.9 Å². The van der Waals surface area contributed by atoms with Crippen LogP contribution in [-0.4, -0.2) is 30.2 Å². The number of halogens is 1. The number of hydrogen-bond acceptors (Lipinski definition) is 4. The normalized spacial score (nSPS) is 13.3. The molecule has 2 rings (SSSR count). The van der Waals surface area contributed by atoms with Gasteiger partial charge >= 0.3 is 0 Å². The molecule has 0 bridgehead atoms. The lowest BCUT2D eigenvalue weighted by Gasteiger charge is -2.27. The van der Waals surface area contributed by atoms with Crippen molar-refractivity contribution < 1.29 is 14.4 Å². The van der Waals surface area contributed by atoms with Gasteiger partial charge in [0.15, 0.2) is 0 Å². The number of unbranched alkanes of at least 4 members (excludes halogenated alkanes) is 1. The Bertz CT molecular complexity index is 790. The Morgan fingerprint density at radius 3 is 2.74 bits per heavy atom. The minimum atomic E-state index is -0.683. The van der Waals surface area contributed by atoms with Crippen molar-refractivity contribution in [2.24, 2.45) is 0 Å². The summed E-state index contributed by atoms with van der Waals surface area (Å²) in [5.41, 5.74) is 1.50. The van der Waals surface area contributed by atoms with Gasteiger partial charge in [-0.25, -0.2) is 4.39 Å². The van der Waals surface area contributed by atoms with Gasteiger partial charge in [-0.2, -0.15) is 0 Å². The molecule has 7 heteroatoms. The molecule has 0 aliphatic carbocycles. The molecule has 1 atom stereocenters. The molecule has 0 heterocycles. The molecule has 2 aromatic carbocycles. The second-order valence-corrected chi connectivity index (χ2v) is 7.79. The minimum absolute atomic E-state index is 0.0129. The van der Waals surface area contributed by atoms with Crippen molar-refractivity contribution in [1.82, 2.24) is 0 Å². The van der Waals surface area contributed by atoms with Crippen LogP contribution in [0.4, 0.5) is 10.1 Å². The van der Waals surface area contributed by atoms with Gasteiger partial charge < -0.3 is 5.11 Å². The summed E-state index contributed by atoms with van der Waals surface area (Å²) in [6.07, 6.45) is 3.03. The van der Waals surface area contributed by atoms with Gasteiger partial charge in [0.25, 0.3) is 5.69 Å². The standard InChI is InChI=1S/C20H23BFNO3S/c1-2-3-9-20(21,13-24)14-27-19-8-7-17(22)12-16(19)10-15-5-4-6-18(11-15)23(25)26/h4-8,11-12,24H,2-3,9-10,13-14H2,1H3/t20-/m1/s1.